The number of fused-ring (bicyclic) bond motifs is 42. The van der Waals surface area contributed by atoms with E-state index in [0.29, 0.717) is 0 Å². The second-order valence-electron chi connectivity index (χ2n) is 35.9. The molecular weight excluding hydrogens is 1590 g/mol. The second-order valence-corrected chi connectivity index (χ2v) is 35.9. The first-order valence-electron chi connectivity index (χ1n) is 44.5. The SMILES string of the molecule is Cc1ccc(-c2cc3c4ccc5c6cc(-c7cccc8oc9c(ccc%10c%11cc(-c%12ccc(-c%13ccccc%13)cc%12)cc%12c%13ccc%14c%15ccccc%15oc%14c%13n(c%12%11)c%109)c78)ccc6oc5c4n4c3c(c2)c2ccc3c(oc5cccc(-c6ccc7oc8c(ccc9c%10cc(-c%11cccc(-c%12ccccc%12)c%11)cc%11c%12ccc%13c%14ccccc%14oc%13c%12n(c%11%10)c98)c7c6)c53)c24)cc1. The molecule has 9 nitrogen and oxygen atoms in total. The Morgan fingerprint density at radius 1 is 0.146 bits per heavy atom. The fraction of sp³-hybridized carbons (Fsp3) is 0.00826. The van der Waals surface area contributed by atoms with Crippen molar-refractivity contribution in [1.82, 2.24) is 13.2 Å². The van der Waals surface area contributed by atoms with E-state index < -0.39 is 0 Å². The predicted octanol–water partition coefficient (Wildman–Crippen LogP) is 34.5. The topological polar surface area (TPSA) is 92.1 Å². The molecule has 0 amide bonds. The summed E-state index contributed by atoms with van der Waals surface area (Å²) in [7, 11) is 0. The molecule has 0 saturated heterocycles. The molecule has 0 bridgehead atoms. The number of aromatic nitrogens is 3. The Bertz CT molecular complexity index is 10700. The van der Waals surface area contributed by atoms with Crippen LogP contribution in [0.1, 0.15) is 5.56 Å². The number of aryl methyl sites for hydroxylation is 1. The van der Waals surface area contributed by atoms with Crippen LogP contribution in [0.25, 0.3) is 324 Å². The van der Waals surface area contributed by atoms with Gasteiger partial charge in [-0.05, 0) is 212 Å². The number of para-hydroxylation sites is 2. The molecule has 20 aromatic carbocycles. The van der Waals surface area contributed by atoms with Gasteiger partial charge in [0.1, 0.15) is 33.5 Å². The zero-order valence-electron chi connectivity index (χ0n) is 69.4. The summed E-state index contributed by atoms with van der Waals surface area (Å²) < 4.78 is 51.0. The number of benzene rings is 20. The summed E-state index contributed by atoms with van der Waals surface area (Å²) in [6.07, 6.45) is 0. The molecular formula is C121H63N3O6. The maximum Gasteiger partial charge on any atom is 0.160 e. The fourth-order valence-corrected chi connectivity index (χ4v) is 23.5. The number of hydrogen-bond donors (Lipinski definition) is 0. The van der Waals surface area contributed by atoms with Crippen molar-refractivity contribution in [3.8, 4) is 77.9 Å². The van der Waals surface area contributed by atoms with E-state index in [0.717, 1.165) is 296 Å². The monoisotopic (exact) mass is 1650 g/mol. The van der Waals surface area contributed by atoms with E-state index in [-0.39, 0.29) is 0 Å². The summed E-state index contributed by atoms with van der Waals surface area (Å²) in [6, 6.07) is 133. The van der Waals surface area contributed by atoms with Crippen LogP contribution >= 0.6 is 0 Å². The second kappa shape index (κ2) is 24.2. The zero-order chi connectivity index (χ0) is 84.0. The van der Waals surface area contributed by atoms with Crippen LogP contribution in [0.15, 0.2) is 390 Å². The molecule has 0 unspecified atom stereocenters. The molecule has 130 heavy (non-hydrogen) atoms. The lowest BCUT2D eigenvalue weighted by atomic mass is 9.95. The zero-order valence-corrected chi connectivity index (χ0v) is 69.4. The number of nitrogens with zero attached hydrogens (tertiary/aromatic N) is 3. The van der Waals surface area contributed by atoms with E-state index in [4.69, 9.17) is 26.5 Å². The minimum Gasteiger partial charge on any atom is -0.454 e. The Kier molecular flexibility index (Phi) is 12.7. The minimum absolute atomic E-state index is 0.799. The molecule has 598 valence electrons. The van der Waals surface area contributed by atoms with Crippen molar-refractivity contribution in [3.63, 3.8) is 0 Å². The number of furan rings is 6. The number of rotatable bonds is 7. The molecule has 0 aliphatic carbocycles. The Morgan fingerprint density at radius 3 is 0.800 bits per heavy atom. The van der Waals surface area contributed by atoms with Crippen molar-refractivity contribution in [2.75, 3.05) is 0 Å². The summed E-state index contributed by atoms with van der Waals surface area (Å²) in [5, 5.41) is 26.2. The van der Waals surface area contributed by atoms with Gasteiger partial charge in [0.2, 0.25) is 0 Å². The summed E-state index contributed by atoms with van der Waals surface area (Å²) in [5.74, 6) is 0. The molecule has 0 aliphatic rings. The highest BCUT2D eigenvalue weighted by atomic mass is 16.4. The van der Waals surface area contributed by atoms with Crippen LogP contribution < -0.4 is 0 Å². The summed E-state index contributed by atoms with van der Waals surface area (Å²) in [5.41, 5.74) is 36.5. The van der Waals surface area contributed by atoms with Crippen LogP contribution in [0.5, 0.6) is 0 Å². The average molecular weight is 1650 g/mol. The fourth-order valence-electron chi connectivity index (χ4n) is 23.5. The van der Waals surface area contributed by atoms with Gasteiger partial charge >= 0.3 is 0 Å². The third kappa shape index (κ3) is 8.71. The first kappa shape index (κ1) is 68.0. The molecule has 0 N–H and O–H groups in total. The summed E-state index contributed by atoms with van der Waals surface area (Å²) in [4.78, 5) is 0. The van der Waals surface area contributed by atoms with E-state index in [2.05, 4.69) is 384 Å². The Morgan fingerprint density at radius 2 is 0.400 bits per heavy atom. The van der Waals surface area contributed by atoms with Crippen LogP contribution in [0.3, 0.4) is 0 Å². The van der Waals surface area contributed by atoms with E-state index in [9.17, 15) is 0 Å². The highest BCUT2D eigenvalue weighted by molar-refractivity contribution is 6.37. The third-order valence-corrected chi connectivity index (χ3v) is 29.3. The van der Waals surface area contributed by atoms with Crippen LogP contribution in [0.2, 0.25) is 0 Å². The summed E-state index contributed by atoms with van der Waals surface area (Å²) >= 11 is 0. The van der Waals surface area contributed by atoms with E-state index >= 15 is 0 Å². The Hall–Kier alpha value is -17.4. The van der Waals surface area contributed by atoms with Crippen LogP contribution in [-0.2, 0) is 0 Å². The molecule has 32 rings (SSSR count). The molecule has 0 aliphatic heterocycles. The summed E-state index contributed by atoms with van der Waals surface area (Å²) in [6.45, 7) is 2.15. The molecule has 12 heterocycles. The lowest BCUT2D eigenvalue weighted by Gasteiger charge is -2.07. The largest absolute Gasteiger partial charge is 0.454 e. The average Bonchev–Trinajstić information content (AvgIpc) is 1.52. The Balaban J connectivity index is 0.574. The highest BCUT2D eigenvalue weighted by Crippen LogP contribution is 2.55. The van der Waals surface area contributed by atoms with E-state index in [1.54, 1.807) is 0 Å². The molecule has 32 aromatic rings. The molecule has 0 spiro atoms. The van der Waals surface area contributed by atoms with Crippen molar-refractivity contribution < 1.29 is 26.5 Å². The van der Waals surface area contributed by atoms with Gasteiger partial charge in [-0.25, -0.2) is 0 Å². The maximum atomic E-state index is 7.49. The smallest absolute Gasteiger partial charge is 0.160 e. The van der Waals surface area contributed by atoms with Crippen LogP contribution in [-0.4, -0.2) is 13.2 Å². The maximum absolute atomic E-state index is 7.49. The van der Waals surface area contributed by atoms with Gasteiger partial charge in [-0.2, -0.15) is 0 Å². The first-order valence-corrected chi connectivity index (χ1v) is 44.5. The van der Waals surface area contributed by atoms with Gasteiger partial charge in [-0.1, -0.05) is 242 Å². The van der Waals surface area contributed by atoms with Crippen molar-refractivity contribution in [2.45, 2.75) is 6.92 Å². The molecule has 0 radical (unpaired) electrons. The standard InChI is InChI=1S/C121H63N3O6/c1-62-29-31-66(32-30-62)72-56-93-81-41-47-88-92-55-71(75-23-13-27-103-105(75)89-50-44-84-96-59-73(67-35-33-65(34-36-67)63-15-4-2-5-16-63)58-94-79-39-45-86-78-22-9-11-26-100(78)126-117(86)111(79)123(107(94)96)114(84)120(89)129-103)38-52-102(92)128-119(88)113(81)124-108(93)95(57-72)83-43-49-90-106-76(24-14-28-104(106)130-121(90)115(83)124)70-37-51-101-91(54-70)87-48-42-82-98-61-74(69-20-12-19-68(53-69)64-17-6-3-7-18-64)60-97-80-40-46-85-77-21-8-10-25-99(77)125-116(85)110(80)122(109(97)98)112(82)118(87)127-101/h2-61H,1H3. The van der Waals surface area contributed by atoms with Gasteiger partial charge in [0.05, 0.1) is 49.7 Å². The van der Waals surface area contributed by atoms with Crippen molar-refractivity contribution in [2.24, 2.45) is 0 Å². The molecule has 12 aromatic heterocycles. The number of hydrogen-bond acceptors (Lipinski definition) is 6. The normalized spacial score (nSPS) is 12.8. The Labute approximate surface area is 735 Å². The van der Waals surface area contributed by atoms with Crippen molar-refractivity contribution in [1.29, 1.82) is 0 Å². The minimum atomic E-state index is 0.799. The lowest BCUT2D eigenvalue weighted by molar-refractivity contribution is 0.669. The quantitative estimate of drug-likeness (QED) is 0.158. The van der Waals surface area contributed by atoms with Gasteiger partial charge in [0, 0.05) is 129 Å². The molecule has 9 heteroatoms. The lowest BCUT2D eigenvalue weighted by Crippen LogP contribution is -1.83. The molecule has 0 saturated carbocycles. The van der Waals surface area contributed by atoms with Gasteiger partial charge in [-0.3, -0.25) is 0 Å². The molecule has 0 fully saturated rings. The van der Waals surface area contributed by atoms with Crippen LogP contribution in [0, 0.1) is 6.92 Å². The third-order valence-electron chi connectivity index (χ3n) is 29.3. The predicted molar refractivity (Wildman–Crippen MR) is 537 cm³/mol. The van der Waals surface area contributed by atoms with E-state index in [1.807, 2.05) is 0 Å². The van der Waals surface area contributed by atoms with Crippen molar-refractivity contribution >= 4 is 246 Å². The van der Waals surface area contributed by atoms with Gasteiger partial charge < -0.3 is 39.7 Å². The highest BCUT2D eigenvalue weighted by Gasteiger charge is 2.32. The van der Waals surface area contributed by atoms with Crippen LogP contribution in [0.4, 0.5) is 0 Å². The van der Waals surface area contributed by atoms with E-state index in [1.165, 1.54) is 33.2 Å². The van der Waals surface area contributed by atoms with Gasteiger partial charge in [0.25, 0.3) is 0 Å². The first-order chi connectivity index (χ1) is 64.3. The van der Waals surface area contributed by atoms with Gasteiger partial charge in [-0.15, -0.1) is 0 Å². The molecule has 0 atom stereocenters. The van der Waals surface area contributed by atoms with Gasteiger partial charge in [0.15, 0.2) is 33.5 Å². The van der Waals surface area contributed by atoms with Crippen molar-refractivity contribution in [3.05, 3.63) is 370 Å².